The highest BCUT2D eigenvalue weighted by Gasteiger charge is 2.27. The third-order valence-corrected chi connectivity index (χ3v) is 4.37. The summed E-state index contributed by atoms with van der Waals surface area (Å²) in [6.45, 7) is 1.81. The first-order chi connectivity index (χ1) is 13.6. The summed E-state index contributed by atoms with van der Waals surface area (Å²) in [6, 6.07) is 21.4. The molecule has 0 atom stereocenters. The summed E-state index contributed by atoms with van der Waals surface area (Å²) < 4.78 is 1.62. The zero-order chi connectivity index (χ0) is 19.7. The van der Waals surface area contributed by atoms with Gasteiger partial charge in [0.2, 0.25) is 5.82 Å². The van der Waals surface area contributed by atoms with Crippen molar-refractivity contribution in [3.63, 3.8) is 0 Å². The number of fused-ring (bicyclic) bond motifs is 1. The van der Waals surface area contributed by atoms with E-state index >= 15 is 0 Å². The molecule has 0 fully saturated rings. The van der Waals surface area contributed by atoms with Crippen molar-refractivity contribution >= 4 is 28.2 Å². The Morgan fingerprint density at radius 2 is 1.61 bits per heavy atom. The Morgan fingerprint density at radius 3 is 2.25 bits per heavy atom. The minimum Gasteiger partial charge on any atom is -0.335 e. The topological polar surface area (TPSA) is 90.1 Å². The van der Waals surface area contributed by atoms with Crippen LogP contribution < -0.4 is 10.7 Å². The maximum Gasteiger partial charge on any atom is 0.357 e. The van der Waals surface area contributed by atoms with Crippen LogP contribution in [0, 0.1) is 17.0 Å². The number of rotatable bonds is 4. The van der Waals surface area contributed by atoms with Gasteiger partial charge in [0.1, 0.15) is 0 Å². The van der Waals surface area contributed by atoms with Crippen LogP contribution in [0.15, 0.2) is 77.6 Å². The van der Waals surface area contributed by atoms with E-state index in [1.165, 1.54) is 0 Å². The van der Waals surface area contributed by atoms with Crippen molar-refractivity contribution < 1.29 is 4.92 Å². The predicted molar refractivity (Wildman–Crippen MR) is 108 cm³/mol. The van der Waals surface area contributed by atoms with Gasteiger partial charge < -0.3 is 5.32 Å². The van der Waals surface area contributed by atoms with Crippen LogP contribution in [0.2, 0.25) is 0 Å². The normalized spacial score (nSPS) is 10.8. The van der Waals surface area contributed by atoms with Gasteiger partial charge in [-0.25, -0.2) is 4.98 Å². The van der Waals surface area contributed by atoms with E-state index in [9.17, 15) is 14.9 Å². The van der Waals surface area contributed by atoms with Crippen molar-refractivity contribution in [3.05, 3.63) is 98.8 Å². The molecule has 0 unspecified atom stereocenters. The second kappa shape index (κ2) is 6.96. The van der Waals surface area contributed by atoms with E-state index in [-0.39, 0.29) is 11.2 Å². The Morgan fingerprint density at radius 1 is 0.964 bits per heavy atom. The van der Waals surface area contributed by atoms with Crippen molar-refractivity contribution in [2.75, 3.05) is 5.32 Å². The highest BCUT2D eigenvalue weighted by atomic mass is 16.6. The molecular formula is C21H16N4O3. The Bertz CT molecular complexity index is 1240. The average molecular weight is 372 g/mol. The number of hydrogen-bond acceptors (Lipinski definition) is 5. The molecule has 0 amide bonds. The summed E-state index contributed by atoms with van der Waals surface area (Å²) in [5.74, 6) is 0.0676. The van der Waals surface area contributed by atoms with E-state index < -0.39 is 16.0 Å². The van der Waals surface area contributed by atoms with Crippen molar-refractivity contribution in [2.45, 2.75) is 6.92 Å². The monoisotopic (exact) mass is 372 g/mol. The molecule has 7 nitrogen and oxygen atoms in total. The number of hydrogen-bond donors (Lipinski definition) is 1. The average Bonchev–Trinajstić information content (AvgIpc) is 2.69. The summed E-state index contributed by atoms with van der Waals surface area (Å²) in [7, 11) is 0. The number of nitrogens with one attached hydrogen (secondary N) is 1. The first-order valence-electron chi connectivity index (χ1n) is 8.64. The van der Waals surface area contributed by atoms with Crippen LogP contribution in [0.1, 0.15) is 5.69 Å². The molecule has 0 aliphatic carbocycles. The predicted octanol–water partition coefficient (Wildman–Crippen LogP) is 4.35. The number of aryl methyl sites for hydroxylation is 1. The molecule has 0 bridgehead atoms. The van der Waals surface area contributed by atoms with Gasteiger partial charge in [0.05, 0.1) is 10.3 Å². The Hall–Kier alpha value is -4.00. The third-order valence-electron chi connectivity index (χ3n) is 4.37. The third kappa shape index (κ3) is 2.99. The fourth-order valence-corrected chi connectivity index (χ4v) is 3.11. The largest absolute Gasteiger partial charge is 0.357 e. The smallest absolute Gasteiger partial charge is 0.335 e. The number of para-hydroxylation sites is 2. The molecular weight excluding hydrogens is 356 g/mol. The molecule has 28 heavy (non-hydrogen) atoms. The van der Waals surface area contributed by atoms with Crippen molar-refractivity contribution in [2.24, 2.45) is 0 Å². The van der Waals surface area contributed by atoms with E-state index in [1.54, 1.807) is 28.8 Å². The van der Waals surface area contributed by atoms with Gasteiger partial charge in [-0.2, -0.15) is 0 Å². The zero-order valence-corrected chi connectivity index (χ0v) is 15.0. The number of pyridine rings is 2. The molecule has 4 aromatic rings. The minimum absolute atomic E-state index is 0.0676. The molecule has 0 aliphatic rings. The molecule has 138 valence electrons. The molecule has 7 heteroatoms. The second-order valence-corrected chi connectivity index (χ2v) is 6.27. The molecule has 0 radical (unpaired) electrons. The molecule has 0 aliphatic heterocycles. The summed E-state index contributed by atoms with van der Waals surface area (Å²) in [4.78, 5) is 28.7. The lowest BCUT2D eigenvalue weighted by Gasteiger charge is -2.18. The molecule has 0 spiro atoms. The van der Waals surface area contributed by atoms with Gasteiger partial charge in [-0.3, -0.25) is 19.5 Å². The van der Waals surface area contributed by atoms with E-state index in [4.69, 9.17) is 0 Å². The van der Waals surface area contributed by atoms with E-state index in [0.29, 0.717) is 22.7 Å². The number of benzene rings is 2. The summed E-state index contributed by atoms with van der Waals surface area (Å²) in [5.41, 5.74) is 1.16. The second-order valence-electron chi connectivity index (χ2n) is 6.27. The minimum atomic E-state index is -0.668. The Balaban J connectivity index is 2.16. The van der Waals surface area contributed by atoms with Crippen LogP contribution in [0.4, 0.5) is 17.2 Å². The van der Waals surface area contributed by atoms with Crippen LogP contribution in [0.25, 0.3) is 16.7 Å². The lowest BCUT2D eigenvalue weighted by molar-refractivity contribution is -0.385. The van der Waals surface area contributed by atoms with Gasteiger partial charge in [0, 0.05) is 17.1 Å². The van der Waals surface area contributed by atoms with Crippen LogP contribution in [0.3, 0.4) is 0 Å². The molecule has 2 aromatic heterocycles. The van der Waals surface area contributed by atoms with Crippen LogP contribution in [0.5, 0.6) is 0 Å². The maximum absolute atomic E-state index is 12.9. The summed E-state index contributed by atoms with van der Waals surface area (Å²) in [6.07, 6.45) is 0. The van der Waals surface area contributed by atoms with Gasteiger partial charge in [-0.05, 0) is 43.3 Å². The maximum atomic E-state index is 12.9. The van der Waals surface area contributed by atoms with Crippen LogP contribution in [-0.2, 0) is 0 Å². The first-order valence-corrected chi connectivity index (χ1v) is 8.64. The standard InChI is InChI=1S/C21H16N4O3/c1-14-12-13-17-19(26)18(25(27)28)21(23-15-8-4-2-5-9-15)24(20(17)22-14)16-10-6-3-7-11-16/h2-13,23H,1H3. The molecule has 0 saturated heterocycles. The molecule has 0 saturated carbocycles. The fourth-order valence-electron chi connectivity index (χ4n) is 3.11. The van der Waals surface area contributed by atoms with Crippen molar-refractivity contribution in [1.29, 1.82) is 0 Å². The van der Waals surface area contributed by atoms with Gasteiger partial charge in [-0.1, -0.05) is 36.4 Å². The zero-order valence-electron chi connectivity index (χ0n) is 15.0. The number of aromatic nitrogens is 2. The molecule has 2 heterocycles. The lowest BCUT2D eigenvalue weighted by atomic mass is 10.2. The number of anilines is 2. The van der Waals surface area contributed by atoms with Gasteiger partial charge in [0.25, 0.3) is 5.43 Å². The lowest BCUT2D eigenvalue weighted by Crippen LogP contribution is -2.19. The quantitative estimate of drug-likeness (QED) is 0.425. The van der Waals surface area contributed by atoms with E-state index in [1.807, 2.05) is 55.5 Å². The van der Waals surface area contributed by atoms with Crippen LogP contribution in [-0.4, -0.2) is 14.5 Å². The van der Waals surface area contributed by atoms with Crippen molar-refractivity contribution in [1.82, 2.24) is 9.55 Å². The Kier molecular flexibility index (Phi) is 4.33. The Labute approximate surface area is 160 Å². The van der Waals surface area contributed by atoms with Gasteiger partial charge >= 0.3 is 5.69 Å². The van der Waals surface area contributed by atoms with Gasteiger partial charge in [0.15, 0.2) is 5.65 Å². The first kappa shape index (κ1) is 17.4. The molecule has 4 rings (SSSR count). The fraction of sp³-hybridized carbons (Fsp3) is 0.0476. The molecule has 1 N–H and O–H groups in total. The number of nitro groups is 1. The summed E-state index contributed by atoms with van der Waals surface area (Å²) in [5, 5.41) is 15.1. The number of nitrogens with zero attached hydrogens (tertiary/aromatic N) is 3. The van der Waals surface area contributed by atoms with Gasteiger partial charge in [-0.15, -0.1) is 0 Å². The highest BCUT2D eigenvalue weighted by Crippen LogP contribution is 2.31. The van der Waals surface area contributed by atoms with Crippen LogP contribution >= 0.6 is 0 Å². The van der Waals surface area contributed by atoms with E-state index in [2.05, 4.69) is 10.3 Å². The molecule has 2 aromatic carbocycles. The van der Waals surface area contributed by atoms with E-state index in [0.717, 1.165) is 0 Å². The SMILES string of the molecule is Cc1ccc2c(=O)c([N+](=O)[O-])c(Nc3ccccc3)n(-c3ccccc3)c2n1. The summed E-state index contributed by atoms with van der Waals surface area (Å²) >= 11 is 0. The highest BCUT2D eigenvalue weighted by molar-refractivity contribution is 5.86. The van der Waals surface area contributed by atoms with Crippen molar-refractivity contribution in [3.8, 4) is 5.69 Å².